The van der Waals surface area contributed by atoms with E-state index in [1.165, 1.54) is 0 Å². The van der Waals surface area contributed by atoms with Crippen LogP contribution in [0, 0.1) is 0 Å². The number of aryl methyl sites for hydroxylation is 1. The molecule has 2 heterocycles. The molecule has 3 rings (SSSR count). The fourth-order valence-electron chi connectivity index (χ4n) is 2.69. The van der Waals surface area contributed by atoms with Crippen LogP contribution in [-0.4, -0.2) is 37.6 Å². The van der Waals surface area contributed by atoms with E-state index in [1.54, 1.807) is 11.8 Å². The van der Waals surface area contributed by atoms with Gasteiger partial charge in [-0.1, -0.05) is 23.7 Å². The van der Waals surface area contributed by atoms with Gasteiger partial charge in [-0.05, 0) is 35.0 Å². The Labute approximate surface area is 148 Å². The second-order valence-electron chi connectivity index (χ2n) is 6.29. The van der Waals surface area contributed by atoms with Crippen molar-refractivity contribution in [2.24, 2.45) is 7.05 Å². The zero-order chi connectivity index (χ0) is 17.3. The van der Waals surface area contributed by atoms with Crippen LogP contribution in [0.25, 0.3) is 11.3 Å². The summed E-state index contributed by atoms with van der Waals surface area (Å²) in [5, 5.41) is 4.69. The molecule has 24 heavy (non-hydrogen) atoms. The van der Waals surface area contributed by atoms with Gasteiger partial charge in [0.1, 0.15) is 27.1 Å². The highest BCUT2D eigenvalue weighted by Crippen LogP contribution is 2.33. The van der Waals surface area contributed by atoms with E-state index in [1.807, 2.05) is 55.8 Å². The summed E-state index contributed by atoms with van der Waals surface area (Å²) in [5.74, 6) is 0.725. The van der Waals surface area contributed by atoms with Gasteiger partial charge in [-0.3, -0.25) is 4.68 Å². The number of halogens is 1. The smallest absolute Gasteiger partial charge is 0.145 e. The van der Waals surface area contributed by atoms with E-state index in [0.29, 0.717) is 5.02 Å². The SMILES string of the molecule is BC(B)(c1cnn(C)c1)c1ccc(OC)c(-c2cccc(Cl)c2)n1. The molecule has 0 aliphatic rings. The van der Waals surface area contributed by atoms with Crippen molar-refractivity contribution in [3.8, 4) is 17.0 Å². The Hall–Kier alpha value is -2.20. The maximum atomic E-state index is 6.14. The molecule has 2 aromatic heterocycles. The summed E-state index contributed by atoms with van der Waals surface area (Å²) < 4.78 is 7.30. The topological polar surface area (TPSA) is 39.9 Å². The molecule has 0 radical (unpaired) electrons. The van der Waals surface area contributed by atoms with Crippen molar-refractivity contribution < 1.29 is 4.74 Å². The highest BCUT2D eigenvalue weighted by Gasteiger charge is 2.27. The summed E-state index contributed by atoms with van der Waals surface area (Å²) in [7, 11) is 7.84. The van der Waals surface area contributed by atoms with Crippen molar-refractivity contribution in [3.05, 3.63) is 65.1 Å². The zero-order valence-corrected chi connectivity index (χ0v) is 15.0. The fraction of sp³-hybridized carbons (Fsp3) is 0.176. The molecule has 1 aromatic carbocycles. The number of hydrogen-bond acceptors (Lipinski definition) is 3. The van der Waals surface area contributed by atoms with Gasteiger partial charge in [0.05, 0.1) is 13.3 Å². The van der Waals surface area contributed by atoms with Crippen LogP contribution >= 0.6 is 11.6 Å². The van der Waals surface area contributed by atoms with E-state index < -0.39 is 0 Å². The van der Waals surface area contributed by atoms with Crippen LogP contribution in [0.3, 0.4) is 0 Å². The Morgan fingerprint density at radius 1 is 1.21 bits per heavy atom. The Balaban J connectivity index is 2.12. The first-order chi connectivity index (χ1) is 11.4. The van der Waals surface area contributed by atoms with Gasteiger partial charge in [0.2, 0.25) is 0 Å². The lowest BCUT2D eigenvalue weighted by Crippen LogP contribution is -2.29. The van der Waals surface area contributed by atoms with Gasteiger partial charge in [0.15, 0.2) is 0 Å². The molecule has 0 saturated heterocycles. The highest BCUT2D eigenvalue weighted by atomic mass is 35.5. The minimum Gasteiger partial charge on any atom is -0.494 e. The van der Waals surface area contributed by atoms with Crippen LogP contribution in [0.1, 0.15) is 11.3 Å². The Morgan fingerprint density at radius 2 is 2.00 bits per heavy atom. The molecule has 0 spiro atoms. The lowest BCUT2D eigenvalue weighted by atomic mass is 9.50. The molecule has 4 nitrogen and oxygen atoms in total. The monoisotopic (exact) mass is 337 g/mol. The van der Waals surface area contributed by atoms with Crippen molar-refractivity contribution in [2.75, 3.05) is 7.11 Å². The first-order valence-electron chi connectivity index (χ1n) is 7.72. The van der Waals surface area contributed by atoms with Gasteiger partial charge in [-0.2, -0.15) is 5.10 Å². The molecule has 7 heteroatoms. The number of nitrogens with zero attached hydrogens (tertiary/aromatic N) is 3. The van der Waals surface area contributed by atoms with Crippen molar-refractivity contribution >= 4 is 27.3 Å². The first kappa shape index (κ1) is 16.7. The number of aromatic nitrogens is 3. The molecule has 120 valence electrons. The third-order valence-corrected chi connectivity index (χ3v) is 4.48. The maximum Gasteiger partial charge on any atom is 0.145 e. The van der Waals surface area contributed by atoms with E-state index in [0.717, 1.165) is 28.3 Å². The summed E-state index contributed by atoms with van der Waals surface area (Å²) in [4.78, 5) is 4.89. The van der Waals surface area contributed by atoms with Crippen LogP contribution in [0.2, 0.25) is 5.02 Å². The molecule has 0 N–H and O–H groups in total. The quantitative estimate of drug-likeness (QED) is 0.679. The number of ether oxygens (including phenoxy) is 1. The minimum absolute atomic E-state index is 0.270. The summed E-state index contributed by atoms with van der Waals surface area (Å²) in [6.45, 7) is 0. The zero-order valence-electron chi connectivity index (χ0n) is 14.2. The standard InChI is InChI=1S/C17H18B2ClN3O/c1-23-10-12(9-21-23)17(18,19)15-7-6-14(24-2)16(22-15)11-4-3-5-13(20)8-11/h3-10H,18-19H2,1-2H3. The Bertz CT molecular complexity index is 880. The van der Waals surface area contributed by atoms with Crippen molar-refractivity contribution in [1.29, 1.82) is 0 Å². The van der Waals surface area contributed by atoms with Gasteiger partial charge in [-0.15, -0.1) is 0 Å². The average molecular weight is 337 g/mol. The van der Waals surface area contributed by atoms with Crippen LogP contribution in [0.15, 0.2) is 48.8 Å². The van der Waals surface area contributed by atoms with Crippen LogP contribution < -0.4 is 4.74 Å². The summed E-state index contributed by atoms with van der Waals surface area (Å²) in [6, 6.07) is 11.6. The average Bonchev–Trinajstić information content (AvgIpc) is 3.01. The van der Waals surface area contributed by atoms with E-state index >= 15 is 0 Å². The summed E-state index contributed by atoms with van der Waals surface area (Å²) >= 11 is 6.14. The molecule has 0 saturated carbocycles. The number of hydrogen-bond donors (Lipinski definition) is 0. The molecular formula is C17H18B2ClN3O. The fourth-order valence-corrected chi connectivity index (χ4v) is 2.88. The lowest BCUT2D eigenvalue weighted by Gasteiger charge is -2.24. The Morgan fingerprint density at radius 3 is 2.62 bits per heavy atom. The van der Waals surface area contributed by atoms with Crippen molar-refractivity contribution in [2.45, 2.75) is 5.21 Å². The lowest BCUT2D eigenvalue weighted by molar-refractivity contribution is 0.414. The van der Waals surface area contributed by atoms with E-state index in [4.69, 9.17) is 21.3 Å². The molecule has 0 amide bonds. The molecule has 0 unspecified atom stereocenters. The van der Waals surface area contributed by atoms with Gasteiger partial charge >= 0.3 is 0 Å². The van der Waals surface area contributed by atoms with Gasteiger partial charge in [0, 0.05) is 29.5 Å². The molecular weight excluding hydrogens is 319 g/mol. The third-order valence-electron chi connectivity index (χ3n) is 4.24. The van der Waals surface area contributed by atoms with Gasteiger partial charge in [0.25, 0.3) is 0 Å². The number of pyridine rings is 1. The van der Waals surface area contributed by atoms with Crippen molar-refractivity contribution in [1.82, 2.24) is 14.8 Å². The molecule has 0 aliphatic heterocycles. The minimum atomic E-state index is -0.270. The molecule has 0 aliphatic carbocycles. The molecule has 0 fully saturated rings. The third kappa shape index (κ3) is 3.06. The number of methoxy groups -OCH3 is 1. The summed E-state index contributed by atoms with van der Waals surface area (Å²) in [5.41, 5.74) is 3.78. The first-order valence-corrected chi connectivity index (χ1v) is 8.10. The van der Waals surface area contributed by atoms with E-state index in [-0.39, 0.29) is 5.21 Å². The molecule has 0 atom stereocenters. The van der Waals surface area contributed by atoms with Crippen LogP contribution in [-0.2, 0) is 12.3 Å². The number of rotatable bonds is 4. The second kappa shape index (κ2) is 6.36. The largest absolute Gasteiger partial charge is 0.494 e. The van der Waals surface area contributed by atoms with E-state index in [9.17, 15) is 0 Å². The van der Waals surface area contributed by atoms with Crippen molar-refractivity contribution in [3.63, 3.8) is 0 Å². The Kier molecular flexibility index (Phi) is 4.41. The predicted molar refractivity (Wildman–Crippen MR) is 102 cm³/mol. The summed E-state index contributed by atoms with van der Waals surface area (Å²) in [6.07, 6.45) is 3.90. The van der Waals surface area contributed by atoms with Crippen LogP contribution in [0.4, 0.5) is 0 Å². The maximum absolute atomic E-state index is 6.14. The molecule has 0 bridgehead atoms. The second-order valence-corrected chi connectivity index (χ2v) is 6.72. The van der Waals surface area contributed by atoms with Gasteiger partial charge in [-0.25, -0.2) is 4.98 Å². The predicted octanol–water partition coefficient (Wildman–Crippen LogP) is 1.61. The normalized spacial score (nSPS) is 11.5. The molecule has 3 aromatic rings. The number of benzene rings is 1. The van der Waals surface area contributed by atoms with E-state index in [2.05, 4.69) is 20.8 Å². The van der Waals surface area contributed by atoms with Gasteiger partial charge < -0.3 is 4.74 Å². The van der Waals surface area contributed by atoms with Crippen LogP contribution in [0.5, 0.6) is 5.75 Å². The highest BCUT2D eigenvalue weighted by molar-refractivity contribution is 6.42.